The molecule has 0 saturated carbocycles. The number of anilines is 1. The molecule has 2 aromatic heterocycles. The zero-order valence-corrected chi connectivity index (χ0v) is 33.1. The van der Waals surface area contributed by atoms with Crippen LogP contribution in [0.2, 0.25) is 0 Å². The molecule has 1 unspecified atom stereocenters. The number of aromatic nitrogens is 3. The normalized spacial score (nSPS) is 16.5. The minimum atomic E-state index is -0.0671. The van der Waals surface area contributed by atoms with Gasteiger partial charge in [0.1, 0.15) is 11.2 Å². The molecule has 59 heavy (non-hydrogen) atoms. The number of allylic oxidation sites excluding steroid dienone is 6. The Morgan fingerprint density at radius 3 is 1.98 bits per heavy atom. The lowest BCUT2D eigenvalue weighted by Gasteiger charge is -2.36. The van der Waals surface area contributed by atoms with Gasteiger partial charge in [-0.2, -0.15) is 0 Å². The van der Waals surface area contributed by atoms with E-state index in [1.807, 2.05) is 66.7 Å². The van der Waals surface area contributed by atoms with E-state index in [1.165, 1.54) is 44.8 Å². The Kier molecular flexibility index (Phi) is 8.37. The second kappa shape index (κ2) is 14.1. The first-order valence-electron chi connectivity index (χ1n) is 20.6. The molecule has 0 bridgehead atoms. The van der Waals surface area contributed by atoms with Gasteiger partial charge < -0.3 is 9.32 Å². The Hall–Kier alpha value is -7.11. The summed E-state index contributed by atoms with van der Waals surface area (Å²) in [7, 11) is 0. The number of benzene rings is 6. The van der Waals surface area contributed by atoms with Crippen LogP contribution in [0.25, 0.3) is 72.8 Å². The average Bonchev–Trinajstić information content (AvgIpc) is 3.80. The van der Waals surface area contributed by atoms with E-state index in [2.05, 4.69) is 128 Å². The highest BCUT2D eigenvalue weighted by atomic mass is 16.3. The first-order chi connectivity index (χ1) is 29.0. The smallest absolute Gasteiger partial charge is 0.167 e. The fraction of sp³-hybridized carbons (Fsp3) is 0.130. The van der Waals surface area contributed by atoms with Crippen molar-refractivity contribution in [2.75, 3.05) is 4.90 Å². The summed E-state index contributed by atoms with van der Waals surface area (Å²) < 4.78 is 6.77. The van der Waals surface area contributed by atoms with E-state index in [4.69, 9.17) is 19.4 Å². The predicted octanol–water partition coefficient (Wildman–Crippen LogP) is 13.5. The highest BCUT2D eigenvalue weighted by molar-refractivity contribution is 6.14. The lowest BCUT2D eigenvalue weighted by Crippen LogP contribution is -2.34. The van der Waals surface area contributed by atoms with Crippen LogP contribution in [0.3, 0.4) is 0 Å². The number of furan rings is 1. The zero-order valence-electron chi connectivity index (χ0n) is 33.1. The third-order valence-electron chi connectivity index (χ3n) is 12.4. The third kappa shape index (κ3) is 5.96. The van der Waals surface area contributed by atoms with Gasteiger partial charge in [-0.05, 0) is 83.0 Å². The molecule has 0 radical (unpaired) electrons. The van der Waals surface area contributed by atoms with Crippen molar-refractivity contribution in [3.63, 3.8) is 0 Å². The topological polar surface area (TPSA) is 55.1 Å². The highest BCUT2D eigenvalue weighted by Gasteiger charge is 2.36. The summed E-state index contributed by atoms with van der Waals surface area (Å²) >= 11 is 0. The van der Waals surface area contributed by atoms with Crippen molar-refractivity contribution in [2.45, 2.75) is 44.6 Å². The molecule has 2 heterocycles. The molecular weight excluding hydrogens is 721 g/mol. The maximum absolute atomic E-state index is 6.77. The molecule has 3 aliphatic carbocycles. The Balaban J connectivity index is 1.03. The maximum atomic E-state index is 6.77. The molecular formula is C54H42N4O. The van der Waals surface area contributed by atoms with Gasteiger partial charge in [-0.25, -0.2) is 15.0 Å². The van der Waals surface area contributed by atoms with Gasteiger partial charge in [0, 0.05) is 38.7 Å². The predicted molar refractivity (Wildman–Crippen MR) is 242 cm³/mol. The van der Waals surface area contributed by atoms with Crippen LogP contribution >= 0.6 is 0 Å². The first-order valence-corrected chi connectivity index (χ1v) is 20.6. The fourth-order valence-corrected chi connectivity index (χ4v) is 9.42. The molecule has 0 saturated heterocycles. The first kappa shape index (κ1) is 35.1. The van der Waals surface area contributed by atoms with Gasteiger partial charge in [0.15, 0.2) is 17.5 Å². The largest absolute Gasteiger partial charge is 0.455 e. The number of nitrogens with zero attached hydrogens (tertiary/aromatic N) is 4. The van der Waals surface area contributed by atoms with Crippen LogP contribution in [0.1, 0.15) is 49.8 Å². The summed E-state index contributed by atoms with van der Waals surface area (Å²) in [6.45, 7) is 4.72. The van der Waals surface area contributed by atoms with E-state index in [1.54, 1.807) is 0 Å². The summed E-state index contributed by atoms with van der Waals surface area (Å²) in [5.74, 6) is 1.83. The minimum Gasteiger partial charge on any atom is -0.455 e. The molecule has 8 aromatic rings. The summed E-state index contributed by atoms with van der Waals surface area (Å²) in [4.78, 5) is 17.7. The monoisotopic (exact) mass is 762 g/mol. The second-order valence-corrected chi connectivity index (χ2v) is 16.2. The van der Waals surface area contributed by atoms with Gasteiger partial charge >= 0.3 is 0 Å². The van der Waals surface area contributed by atoms with Crippen molar-refractivity contribution < 1.29 is 4.42 Å². The third-order valence-corrected chi connectivity index (χ3v) is 12.4. The number of hydrogen-bond acceptors (Lipinski definition) is 5. The van der Waals surface area contributed by atoms with Gasteiger partial charge in [-0.3, -0.25) is 0 Å². The molecule has 11 rings (SSSR count). The molecule has 0 amide bonds. The van der Waals surface area contributed by atoms with E-state index >= 15 is 0 Å². The molecule has 0 spiro atoms. The van der Waals surface area contributed by atoms with Crippen LogP contribution in [0.15, 0.2) is 186 Å². The lowest BCUT2D eigenvalue weighted by molar-refractivity contribution is 0.658. The van der Waals surface area contributed by atoms with Crippen LogP contribution in [0.4, 0.5) is 5.69 Å². The SMILES string of the molecule is CC1(C)c2ccccc2-c2ccc(N(C3=CC=C(c4ccc(-c5nc(-c6ccccc6)nc(-c6ccccc6)n5)c5oc6ccccc6c45)CC3)C3C=CC=CC3)cc21. The Labute approximate surface area is 344 Å². The van der Waals surface area contributed by atoms with Crippen LogP contribution in [0.5, 0.6) is 0 Å². The fourth-order valence-electron chi connectivity index (χ4n) is 9.42. The summed E-state index contributed by atoms with van der Waals surface area (Å²) in [6, 6.07) is 49.2. The van der Waals surface area contributed by atoms with E-state index < -0.39 is 0 Å². The molecule has 1 atom stereocenters. The highest BCUT2D eigenvalue weighted by Crippen LogP contribution is 2.50. The molecule has 0 fully saturated rings. The molecule has 6 aromatic carbocycles. The van der Waals surface area contributed by atoms with Crippen LogP contribution < -0.4 is 4.90 Å². The second-order valence-electron chi connectivity index (χ2n) is 16.2. The molecule has 0 aliphatic heterocycles. The van der Waals surface area contributed by atoms with Gasteiger partial charge in [0.2, 0.25) is 0 Å². The van der Waals surface area contributed by atoms with Crippen molar-refractivity contribution in [1.29, 1.82) is 0 Å². The zero-order chi connectivity index (χ0) is 39.5. The van der Waals surface area contributed by atoms with E-state index in [9.17, 15) is 0 Å². The minimum absolute atomic E-state index is 0.0671. The van der Waals surface area contributed by atoms with Gasteiger partial charge in [-0.15, -0.1) is 0 Å². The van der Waals surface area contributed by atoms with Crippen molar-refractivity contribution in [3.05, 3.63) is 198 Å². The van der Waals surface area contributed by atoms with Crippen molar-refractivity contribution in [2.24, 2.45) is 0 Å². The average molecular weight is 763 g/mol. The standard InChI is InChI=1S/C54H42N4O/c1-54(2)46-24-14-12-22-42(46)43-31-30-40(34-47(43)54)58(38-20-10-5-11-21-38)39-28-26-35(27-29-39)41-32-33-45(50-49(41)44-23-13-15-25-48(44)59-50)53-56-51(36-16-6-3-7-17-36)55-52(57-53)37-18-8-4-9-19-37/h3-20,22-26,28,30-34,38H,21,27,29H2,1-2H3. The van der Waals surface area contributed by atoms with E-state index in [0.717, 1.165) is 57.9 Å². The van der Waals surface area contributed by atoms with Crippen LogP contribution in [-0.2, 0) is 5.41 Å². The number of hydrogen-bond donors (Lipinski definition) is 0. The summed E-state index contributed by atoms with van der Waals surface area (Å²) in [5, 5.41) is 2.17. The molecule has 5 heteroatoms. The maximum Gasteiger partial charge on any atom is 0.167 e. The molecule has 5 nitrogen and oxygen atoms in total. The molecule has 0 N–H and O–H groups in total. The number of para-hydroxylation sites is 1. The van der Waals surface area contributed by atoms with Crippen molar-refractivity contribution in [3.8, 4) is 45.3 Å². The van der Waals surface area contributed by atoms with E-state index in [0.29, 0.717) is 17.5 Å². The molecule has 3 aliphatic rings. The number of rotatable bonds is 7. The Bertz CT molecular complexity index is 3000. The quantitative estimate of drug-likeness (QED) is 0.162. The van der Waals surface area contributed by atoms with Crippen LogP contribution in [-0.4, -0.2) is 21.0 Å². The number of fused-ring (bicyclic) bond motifs is 6. The van der Waals surface area contributed by atoms with Crippen molar-refractivity contribution in [1.82, 2.24) is 15.0 Å². The summed E-state index contributed by atoms with van der Waals surface area (Å²) in [5.41, 5.74) is 14.8. The van der Waals surface area contributed by atoms with E-state index in [-0.39, 0.29) is 11.5 Å². The Morgan fingerprint density at radius 2 is 1.25 bits per heavy atom. The summed E-state index contributed by atoms with van der Waals surface area (Å²) in [6.07, 6.45) is 16.4. The van der Waals surface area contributed by atoms with Crippen LogP contribution in [0, 0.1) is 0 Å². The van der Waals surface area contributed by atoms with Gasteiger partial charge in [0.25, 0.3) is 0 Å². The van der Waals surface area contributed by atoms with Gasteiger partial charge in [0.05, 0.1) is 11.6 Å². The van der Waals surface area contributed by atoms with Crippen molar-refractivity contribution >= 4 is 33.2 Å². The van der Waals surface area contributed by atoms with Gasteiger partial charge in [-0.1, -0.05) is 159 Å². The Morgan fingerprint density at radius 1 is 0.593 bits per heavy atom. The molecule has 284 valence electrons. The lowest BCUT2D eigenvalue weighted by atomic mass is 9.82.